The number of carbonyl (C=O) groups is 1. The van der Waals surface area contributed by atoms with E-state index >= 15 is 0 Å². The van der Waals surface area contributed by atoms with Crippen molar-refractivity contribution in [1.82, 2.24) is 15.4 Å². The largest absolute Gasteiger partial charge is 0.475 e. The molecule has 2 aromatic rings. The van der Waals surface area contributed by atoms with Gasteiger partial charge in [0.2, 0.25) is 5.76 Å². The molecule has 0 aromatic carbocycles. The van der Waals surface area contributed by atoms with Crippen molar-refractivity contribution >= 4 is 11.8 Å². The van der Waals surface area contributed by atoms with Crippen molar-refractivity contribution in [2.75, 3.05) is 0 Å². The van der Waals surface area contributed by atoms with Gasteiger partial charge in [-0.2, -0.15) is 0 Å². The molecule has 0 amide bonds. The summed E-state index contributed by atoms with van der Waals surface area (Å²) in [4.78, 5) is 20.4. The number of nitro groups is 1. The van der Waals surface area contributed by atoms with Crippen molar-refractivity contribution in [3.05, 3.63) is 28.1 Å². The van der Waals surface area contributed by atoms with Gasteiger partial charge in [0.25, 0.3) is 0 Å². The molecule has 2 aromatic heterocycles. The molecule has 16 heavy (non-hydrogen) atoms. The summed E-state index contributed by atoms with van der Waals surface area (Å²) < 4.78 is 4.47. The Bertz CT molecular complexity index is 557. The highest BCUT2D eigenvalue weighted by Gasteiger charge is 2.21. The van der Waals surface area contributed by atoms with E-state index in [9.17, 15) is 14.9 Å². The van der Waals surface area contributed by atoms with Gasteiger partial charge in [0.15, 0.2) is 0 Å². The first-order valence-electron chi connectivity index (χ1n) is 3.97. The zero-order chi connectivity index (χ0) is 11.7. The third-order valence-corrected chi connectivity index (χ3v) is 1.80. The molecule has 82 valence electrons. The topological polar surface area (TPSA) is 135 Å². The molecule has 0 aliphatic heterocycles. The molecule has 0 fully saturated rings. The number of aromatic carboxylic acids is 1. The van der Waals surface area contributed by atoms with Crippen LogP contribution in [0.25, 0.3) is 11.3 Å². The molecule has 0 radical (unpaired) electrons. The van der Waals surface area contributed by atoms with E-state index in [0.29, 0.717) is 0 Å². The van der Waals surface area contributed by atoms with Crippen LogP contribution in [0.3, 0.4) is 0 Å². The summed E-state index contributed by atoms with van der Waals surface area (Å²) in [6.07, 6.45) is 1.17. The van der Waals surface area contributed by atoms with Crippen LogP contribution in [0, 0.1) is 10.1 Å². The summed E-state index contributed by atoms with van der Waals surface area (Å²) in [5.41, 5.74) is 0.110. The smallest absolute Gasteiger partial charge is 0.374 e. The summed E-state index contributed by atoms with van der Waals surface area (Å²) in [5.74, 6) is -2.07. The van der Waals surface area contributed by atoms with Crippen LogP contribution in [-0.4, -0.2) is 31.4 Å². The molecule has 0 unspecified atom stereocenters. The maximum atomic E-state index is 10.6. The van der Waals surface area contributed by atoms with E-state index in [-0.39, 0.29) is 17.1 Å². The quantitative estimate of drug-likeness (QED) is 0.577. The maximum Gasteiger partial charge on any atom is 0.374 e. The van der Waals surface area contributed by atoms with Gasteiger partial charge in [-0.3, -0.25) is 0 Å². The van der Waals surface area contributed by atoms with Gasteiger partial charge in [0.05, 0.1) is 6.20 Å². The van der Waals surface area contributed by atoms with E-state index in [1.165, 1.54) is 6.20 Å². The average molecular weight is 224 g/mol. The number of carboxylic acid groups (broad SMARTS) is 1. The lowest BCUT2D eigenvalue weighted by Gasteiger charge is -1.91. The summed E-state index contributed by atoms with van der Waals surface area (Å²) in [6.45, 7) is 0. The molecule has 0 aliphatic rings. The zero-order valence-corrected chi connectivity index (χ0v) is 7.58. The normalized spacial score (nSPS) is 10.2. The van der Waals surface area contributed by atoms with Crippen molar-refractivity contribution in [2.45, 2.75) is 0 Å². The zero-order valence-electron chi connectivity index (χ0n) is 7.58. The van der Waals surface area contributed by atoms with Gasteiger partial charge in [-0.25, -0.2) is 4.79 Å². The van der Waals surface area contributed by atoms with E-state index in [1.807, 2.05) is 0 Å². The molecule has 0 spiro atoms. The minimum Gasteiger partial charge on any atom is -0.475 e. The first-order chi connectivity index (χ1) is 7.59. The number of nitrogens with zero attached hydrogens (tertiary/aromatic N) is 3. The monoisotopic (exact) mass is 224 g/mol. The minimum absolute atomic E-state index is 0.0397. The third kappa shape index (κ3) is 1.49. The van der Waals surface area contributed by atoms with Crippen LogP contribution < -0.4 is 0 Å². The highest BCUT2D eigenvalue weighted by Crippen LogP contribution is 2.26. The van der Waals surface area contributed by atoms with Crippen LogP contribution in [0.15, 0.2) is 16.8 Å². The van der Waals surface area contributed by atoms with E-state index in [1.54, 1.807) is 0 Å². The van der Waals surface area contributed by atoms with Crippen molar-refractivity contribution in [2.24, 2.45) is 0 Å². The fraction of sp³-hybridized carbons (Fsp3) is 0. The number of carboxylic acids is 1. The predicted molar refractivity (Wildman–Crippen MR) is 47.7 cm³/mol. The number of H-pyrrole nitrogens is 1. The Hall–Kier alpha value is -2.71. The standard InChI is InChI=1S/C7H4N4O5/c12-7(13)5-1-4(10-16-5)3-2-8-9-6(3)11(14)15/h1-2H,(H,8,9)(H,12,13). The van der Waals surface area contributed by atoms with Crippen LogP contribution in [0.5, 0.6) is 0 Å². The van der Waals surface area contributed by atoms with E-state index in [2.05, 4.69) is 19.9 Å². The molecular weight excluding hydrogens is 220 g/mol. The van der Waals surface area contributed by atoms with Crippen LogP contribution in [0.2, 0.25) is 0 Å². The fourth-order valence-electron chi connectivity index (χ4n) is 1.11. The Morgan fingerprint density at radius 1 is 1.62 bits per heavy atom. The summed E-state index contributed by atoms with van der Waals surface area (Å²) in [5, 5.41) is 28.2. The molecule has 0 bridgehead atoms. The second kappa shape index (κ2) is 3.46. The van der Waals surface area contributed by atoms with Crippen molar-refractivity contribution < 1.29 is 19.3 Å². The molecule has 0 saturated carbocycles. The lowest BCUT2D eigenvalue weighted by atomic mass is 10.2. The summed E-state index contributed by atoms with van der Waals surface area (Å²) >= 11 is 0. The lowest BCUT2D eigenvalue weighted by molar-refractivity contribution is -0.388. The van der Waals surface area contributed by atoms with Crippen molar-refractivity contribution in [3.63, 3.8) is 0 Å². The van der Waals surface area contributed by atoms with E-state index < -0.39 is 16.7 Å². The fourth-order valence-corrected chi connectivity index (χ4v) is 1.11. The highest BCUT2D eigenvalue weighted by molar-refractivity contribution is 5.86. The molecular formula is C7H4N4O5. The Kier molecular flexibility index (Phi) is 2.12. The number of hydrogen-bond donors (Lipinski definition) is 2. The number of nitrogens with one attached hydrogen (secondary N) is 1. The number of aromatic amines is 1. The van der Waals surface area contributed by atoms with Gasteiger partial charge in [-0.1, -0.05) is 10.3 Å². The van der Waals surface area contributed by atoms with Gasteiger partial charge < -0.3 is 19.7 Å². The lowest BCUT2D eigenvalue weighted by Crippen LogP contribution is -1.92. The third-order valence-electron chi connectivity index (χ3n) is 1.80. The second-order valence-electron chi connectivity index (χ2n) is 2.77. The van der Waals surface area contributed by atoms with Crippen molar-refractivity contribution in [3.8, 4) is 11.3 Å². The molecule has 0 aliphatic carbocycles. The van der Waals surface area contributed by atoms with Gasteiger partial charge >= 0.3 is 11.8 Å². The minimum atomic E-state index is -1.30. The van der Waals surface area contributed by atoms with Crippen LogP contribution >= 0.6 is 0 Å². The molecule has 0 saturated heterocycles. The second-order valence-corrected chi connectivity index (χ2v) is 2.77. The average Bonchev–Trinajstić information content (AvgIpc) is 2.86. The number of hydrogen-bond acceptors (Lipinski definition) is 6. The number of aromatic nitrogens is 3. The van der Waals surface area contributed by atoms with Gasteiger partial charge in [-0.05, 0) is 4.92 Å². The van der Waals surface area contributed by atoms with Crippen molar-refractivity contribution in [1.29, 1.82) is 0 Å². The van der Waals surface area contributed by atoms with E-state index in [0.717, 1.165) is 6.07 Å². The maximum absolute atomic E-state index is 10.6. The Balaban J connectivity index is 2.46. The first-order valence-corrected chi connectivity index (χ1v) is 3.97. The van der Waals surface area contributed by atoms with Crippen LogP contribution in [0.1, 0.15) is 10.6 Å². The molecule has 0 atom stereocenters. The van der Waals surface area contributed by atoms with Crippen LogP contribution in [-0.2, 0) is 0 Å². The SMILES string of the molecule is O=C(O)c1cc(-c2cn[nH]c2[N+](=O)[O-])no1. The van der Waals surface area contributed by atoms with E-state index in [4.69, 9.17) is 5.11 Å². The highest BCUT2D eigenvalue weighted by atomic mass is 16.6. The number of rotatable bonds is 3. The molecule has 2 N–H and O–H groups in total. The Labute approximate surface area is 86.8 Å². The van der Waals surface area contributed by atoms with Gasteiger partial charge in [-0.15, -0.1) is 5.10 Å². The van der Waals surface area contributed by atoms with Gasteiger partial charge in [0, 0.05) is 6.07 Å². The molecule has 2 rings (SSSR count). The van der Waals surface area contributed by atoms with Gasteiger partial charge in [0.1, 0.15) is 11.3 Å². The van der Waals surface area contributed by atoms with Crippen LogP contribution in [0.4, 0.5) is 5.82 Å². The Morgan fingerprint density at radius 3 is 2.94 bits per heavy atom. The summed E-state index contributed by atoms with van der Waals surface area (Å²) in [6, 6.07) is 1.08. The molecule has 9 heteroatoms. The molecule has 2 heterocycles. The Morgan fingerprint density at radius 2 is 2.38 bits per heavy atom. The summed E-state index contributed by atoms with van der Waals surface area (Å²) in [7, 11) is 0. The predicted octanol–water partition coefficient (Wildman–Crippen LogP) is 0.671. The molecule has 9 nitrogen and oxygen atoms in total. The first kappa shape index (κ1) is 9.83.